The molecule has 1 heterocycles. The van der Waals surface area contributed by atoms with E-state index in [-0.39, 0.29) is 12.5 Å². The van der Waals surface area contributed by atoms with Crippen LogP contribution in [0.25, 0.3) is 0 Å². The first-order valence-electron chi connectivity index (χ1n) is 6.77. The number of aromatic nitrogens is 3. The minimum atomic E-state index is -0.113. The summed E-state index contributed by atoms with van der Waals surface area (Å²) in [7, 11) is 1.71. The topological polar surface area (TPSA) is 71.1 Å². The number of carbonyl (C=O) groups excluding carboxylic acids is 1. The molecule has 21 heavy (non-hydrogen) atoms. The lowest BCUT2D eigenvalue weighted by atomic mass is 10.1. The summed E-state index contributed by atoms with van der Waals surface area (Å²) in [6.45, 7) is 6.14. The summed E-state index contributed by atoms with van der Waals surface area (Å²) in [5, 5.41) is 6.77. The van der Waals surface area contributed by atoms with Crippen LogP contribution in [0.3, 0.4) is 0 Å². The Hall–Kier alpha value is -2.37. The van der Waals surface area contributed by atoms with Crippen LogP contribution in [0, 0.1) is 20.8 Å². The van der Waals surface area contributed by atoms with Gasteiger partial charge in [0.25, 0.3) is 5.91 Å². The third-order valence-corrected chi connectivity index (χ3v) is 3.14. The summed E-state index contributed by atoms with van der Waals surface area (Å²) in [6, 6.07) is 5.93. The number of rotatable bonds is 5. The first-order valence-corrected chi connectivity index (χ1v) is 6.77. The normalized spacial score (nSPS) is 10.5. The van der Waals surface area contributed by atoms with Gasteiger partial charge in [-0.25, -0.2) is 4.98 Å². The number of likely N-dealkylation sites (N-methyl/N-ethyl adjacent to an activating group) is 1. The van der Waals surface area contributed by atoms with Crippen molar-refractivity contribution in [1.82, 2.24) is 20.1 Å². The molecule has 2 aromatic rings. The zero-order chi connectivity index (χ0) is 15.4. The number of hydrogen-bond acceptors (Lipinski definition) is 4. The molecule has 0 spiro atoms. The maximum atomic E-state index is 12.1. The number of carbonyl (C=O) groups is 1. The second-order valence-corrected chi connectivity index (χ2v) is 5.14. The van der Waals surface area contributed by atoms with Crippen molar-refractivity contribution in [3.05, 3.63) is 41.0 Å². The van der Waals surface area contributed by atoms with Crippen LogP contribution in [0.15, 0.2) is 18.2 Å². The highest BCUT2D eigenvalue weighted by Gasteiger charge is 2.13. The minimum Gasteiger partial charge on any atom is -0.483 e. The Morgan fingerprint density at radius 3 is 2.76 bits per heavy atom. The van der Waals surface area contributed by atoms with Crippen molar-refractivity contribution < 1.29 is 9.53 Å². The van der Waals surface area contributed by atoms with Crippen LogP contribution in [-0.2, 0) is 11.3 Å². The summed E-state index contributed by atoms with van der Waals surface area (Å²) in [5.74, 6) is 1.96. The van der Waals surface area contributed by atoms with Crippen molar-refractivity contribution in [1.29, 1.82) is 0 Å². The van der Waals surface area contributed by atoms with E-state index >= 15 is 0 Å². The number of benzene rings is 1. The molecule has 1 aromatic carbocycles. The van der Waals surface area contributed by atoms with Gasteiger partial charge in [-0.05, 0) is 38.0 Å². The highest BCUT2D eigenvalue weighted by molar-refractivity contribution is 5.77. The first kappa shape index (κ1) is 15.0. The van der Waals surface area contributed by atoms with Gasteiger partial charge in [-0.1, -0.05) is 12.1 Å². The summed E-state index contributed by atoms with van der Waals surface area (Å²) in [5.41, 5.74) is 2.12. The van der Waals surface area contributed by atoms with E-state index in [1.54, 1.807) is 11.9 Å². The van der Waals surface area contributed by atoms with Crippen LogP contribution >= 0.6 is 0 Å². The predicted octanol–water partition coefficient (Wildman–Crippen LogP) is 1.77. The summed E-state index contributed by atoms with van der Waals surface area (Å²) in [6.07, 6.45) is 0. The van der Waals surface area contributed by atoms with Gasteiger partial charge >= 0.3 is 0 Å². The van der Waals surface area contributed by atoms with Crippen molar-refractivity contribution >= 4 is 5.91 Å². The summed E-state index contributed by atoms with van der Waals surface area (Å²) in [4.78, 5) is 17.8. The van der Waals surface area contributed by atoms with E-state index in [0.717, 1.165) is 22.7 Å². The van der Waals surface area contributed by atoms with E-state index in [9.17, 15) is 4.79 Å². The van der Waals surface area contributed by atoms with E-state index in [1.807, 2.05) is 39.0 Å². The van der Waals surface area contributed by atoms with Gasteiger partial charge in [0.15, 0.2) is 12.4 Å². The van der Waals surface area contributed by atoms with E-state index in [0.29, 0.717) is 12.4 Å². The van der Waals surface area contributed by atoms with Crippen LogP contribution in [0.5, 0.6) is 5.75 Å². The SMILES string of the molecule is Cc1ccc(C)c(OCC(=O)N(C)Cc2n[nH]c(C)n2)c1. The number of amides is 1. The molecule has 6 nitrogen and oxygen atoms in total. The van der Waals surface area contributed by atoms with E-state index in [2.05, 4.69) is 15.2 Å². The highest BCUT2D eigenvalue weighted by atomic mass is 16.5. The van der Waals surface area contributed by atoms with Crippen LogP contribution < -0.4 is 4.74 Å². The van der Waals surface area contributed by atoms with Gasteiger partial charge < -0.3 is 9.64 Å². The quantitative estimate of drug-likeness (QED) is 0.910. The molecule has 112 valence electrons. The number of aromatic amines is 1. The minimum absolute atomic E-state index is 0.00417. The standard InChI is InChI=1S/C15H20N4O2/c1-10-5-6-11(2)13(7-10)21-9-15(20)19(4)8-14-16-12(3)17-18-14/h5-7H,8-9H2,1-4H3,(H,16,17,18). The second-order valence-electron chi connectivity index (χ2n) is 5.14. The zero-order valence-electron chi connectivity index (χ0n) is 12.8. The van der Waals surface area contributed by atoms with E-state index in [4.69, 9.17) is 4.74 Å². The smallest absolute Gasteiger partial charge is 0.260 e. The van der Waals surface area contributed by atoms with Crippen LogP contribution in [0.1, 0.15) is 22.8 Å². The van der Waals surface area contributed by atoms with Gasteiger partial charge in [0.2, 0.25) is 0 Å². The molecule has 0 unspecified atom stereocenters. The van der Waals surface area contributed by atoms with E-state index < -0.39 is 0 Å². The van der Waals surface area contributed by atoms with Crippen molar-refractivity contribution in [2.75, 3.05) is 13.7 Å². The lowest BCUT2D eigenvalue weighted by Crippen LogP contribution is -2.31. The van der Waals surface area contributed by atoms with Gasteiger partial charge in [0, 0.05) is 7.05 Å². The molecule has 0 saturated heterocycles. The van der Waals surface area contributed by atoms with E-state index in [1.165, 1.54) is 0 Å². The molecule has 0 bridgehead atoms. The molecule has 0 aliphatic heterocycles. The van der Waals surface area contributed by atoms with Crippen molar-refractivity contribution in [3.8, 4) is 5.75 Å². The first-order chi connectivity index (χ1) is 9.95. The third-order valence-electron chi connectivity index (χ3n) is 3.14. The van der Waals surface area contributed by atoms with Gasteiger partial charge in [-0.15, -0.1) is 0 Å². The number of aryl methyl sites for hydroxylation is 3. The molecule has 0 fully saturated rings. The van der Waals surface area contributed by atoms with Gasteiger partial charge in [-0.2, -0.15) is 5.10 Å². The Bertz CT molecular complexity index is 636. The molecule has 1 aromatic heterocycles. The maximum absolute atomic E-state index is 12.1. The average molecular weight is 288 g/mol. The van der Waals surface area contributed by atoms with Gasteiger partial charge in [0.1, 0.15) is 11.6 Å². The largest absolute Gasteiger partial charge is 0.483 e. The molecule has 6 heteroatoms. The zero-order valence-corrected chi connectivity index (χ0v) is 12.8. The molecule has 0 saturated carbocycles. The monoisotopic (exact) mass is 288 g/mol. The third kappa shape index (κ3) is 4.05. The van der Waals surface area contributed by atoms with Crippen molar-refractivity contribution in [3.63, 3.8) is 0 Å². The Labute approximate surface area is 124 Å². The summed E-state index contributed by atoms with van der Waals surface area (Å²) >= 11 is 0. The van der Waals surface area contributed by atoms with Crippen molar-refractivity contribution in [2.24, 2.45) is 0 Å². The maximum Gasteiger partial charge on any atom is 0.260 e. The molecule has 1 N–H and O–H groups in total. The number of nitrogens with one attached hydrogen (secondary N) is 1. The van der Waals surface area contributed by atoms with Crippen LogP contribution in [0.2, 0.25) is 0 Å². The fourth-order valence-corrected chi connectivity index (χ4v) is 1.87. The molecule has 1 amide bonds. The number of nitrogens with zero attached hydrogens (tertiary/aromatic N) is 3. The van der Waals surface area contributed by atoms with Gasteiger partial charge in [-0.3, -0.25) is 9.89 Å². The molecule has 0 atom stereocenters. The molecular weight excluding hydrogens is 268 g/mol. The number of H-pyrrole nitrogens is 1. The Morgan fingerprint density at radius 2 is 2.10 bits per heavy atom. The molecule has 0 radical (unpaired) electrons. The Balaban J connectivity index is 1.90. The lowest BCUT2D eigenvalue weighted by Gasteiger charge is -2.16. The summed E-state index contributed by atoms with van der Waals surface area (Å²) < 4.78 is 5.60. The molecule has 0 aliphatic carbocycles. The average Bonchev–Trinajstić information content (AvgIpc) is 2.84. The number of ether oxygens (including phenoxy) is 1. The fourth-order valence-electron chi connectivity index (χ4n) is 1.87. The number of hydrogen-bond donors (Lipinski definition) is 1. The van der Waals surface area contributed by atoms with Crippen LogP contribution in [0.4, 0.5) is 0 Å². The Kier molecular flexibility index (Phi) is 4.57. The molecule has 0 aliphatic rings. The fraction of sp³-hybridized carbons (Fsp3) is 0.400. The van der Waals surface area contributed by atoms with Crippen LogP contribution in [-0.4, -0.2) is 39.6 Å². The second kappa shape index (κ2) is 6.39. The lowest BCUT2D eigenvalue weighted by molar-refractivity contribution is -0.132. The predicted molar refractivity (Wildman–Crippen MR) is 79.0 cm³/mol. The van der Waals surface area contributed by atoms with Gasteiger partial charge in [0.05, 0.1) is 6.54 Å². The Morgan fingerprint density at radius 1 is 1.33 bits per heavy atom. The highest BCUT2D eigenvalue weighted by Crippen LogP contribution is 2.19. The van der Waals surface area contributed by atoms with Crippen molar-refractivity contribution in [2.45, 2.75) is 27.3 Å². The molecular formula is C15H20N4O2. The molecule has 2 rings (SSSR count).